The largest absolute Gasteiger partial charge is 0.330 e. The Hall–Kier alpha value is 0.300. The van der Waals surface area contributed by atoms with Crippen molar-refractivity contribution in [2.24, 2.45) is 5.73 Å². The molecule has 2 nitrogen and oxygen atoms in total. The monoisotopic (exact) mass is 344 g/mol. The van der Waals surface area contributed by atoms with Crippen molar-refractivity contribution in [1.29, 1.82) is 0 Å². The van der Waals surface area contributed by atoms with Crippen LogP contribution in [0.25, 0.3) is 0 Å². The van der Waals surface area contributed by atoms with Crippen LogP contribution in [0.5, 0.6) is 0 Å². The summed E-state index contributed by atoms with van der Waals surface area (Å²) in [4.78, 5) is 0. The van der Waals surface area contributed by atoms with Gasteiger partial charge < -0.3 is 11.1 Å². The van der Waals surface area contributed by atoms with E-state index in [-0.39, 0.29) is 30.2 Å². The predicted octanol–water partition coefficient (Wildman–Crippen LogP) is 3.81. The summed E-state index contributed by atoms with van der Waals surface area (Å²) in [6, 6.07) is 5.95. The molecular weight excluding hydrogens is 326 g/mol. The average Bonchev–Trinajstić information content (AvgIpc) is 2.34. The molecule has 1 aromatic carbocycles. The Morgan fingerprint density at radius 2 is 1.95 bits per heavy atom. The highest BCUT2D eigenvalue weighted by Gasteiger charge is 2.33. The average molecular weight is 346 g/mol. The standard InChI is InChI=1S/C13H18Cl2N2.2ClH/c14-11-3-2-10(8-12(11)15)13(5-6-16)4-1-7-17-9-13;;/h2-3,8,17H,1,4-7,9,16H2;2*1H/t13-;;/m1../s1. The number of nitrogens with two attached hydrogens (primary N) is 1. The second-order valence-electron chi connectivity index (χ2n) is 4.73. The Kier molecular flexibility index (Phi) is 8.69. The normalized spacial score (nSPS) is 22.3. The zero-order valence-electron chi connectivity index (χ0n) is 10.6. The smallest absolute Gasteiger partial charge is 0.0595 e. The van der Waals surface area contributed by atoms with Crippen LogP contribution < -0.4 is 11.1 Å². The molecule has 6 heteroatoms. The van der Waals surface area contributed by atoms with Gasteiger partial charge in [0.1, 0.15) is 0 Å². The van der Waals surface area contributed by atoms with E-state index in [0.717, 1.165) is 25.9 Å². The van der Waals surface area contributed by atoms with E-state index < -0.39 is 0 Å². The number of rotatable bonds is 3. The van der Waals surface area contributed by atoms with E-state index in [4.69, 9.17) is 28.9 Å². The minimum absolute atomic E-state index is 0. The Morgan fingerprint density at radius 1 is 1.21 bits per heavy atom. The lowest BCUT2D eigenvalue weighted by atomic mass is 9.72. The van der Waals surface area contributed by atoms with Gasteiger partial charge in [-0.15, -0.1) is 24.8 Å². The van der Waals surface area contributed by atoms with E-state index >= 15 is 0 Å². The Bertz CT molecular complexity index is 387. The van der Waals surface area contributed by atoms with Crippen LogP contribution in [0.15, 0.2) is 18.2 Å². The van der Waals surface area contributed by atoms with Crippen LogP contribution >= 0.6 is 48.0 Å². The third-order valence-electron chi connectivity index (χ3n) is 3.63. The van der Waals surface area contributed by atoms with Gasteiger partial charge in [0, 0.05) is 12.0 Å². The minimum atomic E-state index is 0. The molecule has 1 aromatic rings. The van der Waals surface area contributed by atoms with E-state index in [0.29, 0.717) is 16.6 Å². The Morgan fingerprint density at radius 3 is 2.47 bits per heavy atom. The maximum absolute atomic E-state index is 6.11. The SMILES string of the molecule is Cl.Cl.NCC[C@]1(c2ccc(Cl)c(Cl)c2)CCCNC1. The van der Waals surface area contributed by atoms with E-state index in [9.17, 15) is 0 Å². The molecule has 1 aliphatic heterocycles. The van der Waals surface area contributed by atoms with Crippen LogP contribution in [-0.2, 0) is 5.41 Å². The van der Waals surface area contributed by atoms with Crippen molar-refractivity contribution < 1.29 is 0 Å². The number of hydrogen-bond acceptors (Lipinski definition) is 2. The predicted molar refractivity (Wildman–Crippen MR) is 88.4 cm³/mol. The fraction of sp³-hybridized carbons (Fsp3) is 0.538. The molecule has 1 fully saturated rings. The fourth-order valence-corrected chi connectivity index (χ4v) is 2.97. The second kappa shape index (κ2) is 8.56. The maximum Gasteiger partial charge on any atom is 0.0595 e. The fourth-order valence-electron chi connectivity index (χ4n) is 2.67. The molecule has 1 heterocycles. The van der Waals surface area contributed by atoms with Crippen LogP contribution in [0.3, 0.4) is 0 Å². The lowest BCUT2D eigenvalue weighted by molar-refractivity contribution is 0.296. The highest BCUT2D eigenvalue weighted by molar-refractivity contribution is 6.42. The Balaban J connectivity index is 0.00000162. The van der Waals surface area contributed by atoms with Crippen LogP contribution in [0.1, 0.15) is 24.8 Å². The molecule has 0 radical (unpaired) electrons. The van der Waals surface area contributed by atoms with Gasteiger partial charge in [-0.2, -0.15) is 0 Å². The van der Waals surface area contributed by atoms with E-state index in [1.807, 2.05) is 12.1 Å². The molecule has 19 heavy (non-hydrogen) atoms. The van der Waals surface area contributed by atoms with Crippen LogP contribution in [-0.4, -0.2) is 19.6 Å². The number of halogens is 4. The first-order chi connectivity index (χ1) is 8.18. The van der Waals surface area contributed by atoms with Gasteiger partial charge >= 0.3 is 0 Å². The quantitative estimate of drug-likeness (QED) is 0.874. The zero-order valence-corrected chi connectivity index (χ0v) is 13.8. The second-order valence-corrected chi connectivity index (χ2v) is 5.54. The maximum atomic E-state index is 6.11. The molecule has 1 saturated heterocycles. The van der Waals surface area contributed by atoms with Crippen molar-refractivity contribution in [3.63, 3.8) is 0 Å². The van der Waals surface area contributed by atoms with Crippen molar-refractivity contribution in [3.05, 3.63) is 33.8 Å². The summed E-state index contributed by atoms with van der Waals surface area (Å²) in [5.74, 6) is 0. The molecule has 1 aliphatic rings. The minimum Gasteiger partial charge on any atom is -0.330 e. The summed E-state index contributed by atoms with van der Waals surface area (Å²) in [7, 11) is 0. The van der Waals surface area contributed by atoms with Gasteiger partial charge in [0.05, 0.1) is 10.0 Å². The highest BCUT2D eigenvalue weighted by Crippen LogP contribution is 2.37. The zero-order chi connectivity index (χ0) is 12.3. The molecule has 0 unspecified atom stereocenters. The molecular formula is C13H20Cl4N2. The number of nitrogens with one attached hydrogen (secondary N) is 1. The summed E-state index contributed by atoms with van der Waals surface area (Å²) < 4.78 is 0. The van der Waals surface area contributed by atoms with Crippen molar-refractivity contribution >= 4 is 48.0 Å². The molecule has 0 saturated carbocycles. The van der Waals surface area contributed by atoms with Crippen molar-refractivity contribution in [2.75, 3.05) is 19.6 Å². The molecule has 2 rings (SSSR count). The van der Waals surface area contributed by atoms with Gasteiger partial charge in [-0.3, -0.25) is 0 Å². The summed E-state index contributed by atoms with van der Waals surface area (Å²) in [6.07, 6.45) is 3.33. The molecule has 0 spiro atoms. The topological polar surface area (TPSA) is 38.0 Å². The first kappa shape index (κ1) is 19.3. The van der Waals surface area contributed by atoms with Crippen molar-refractivity contribution in [1.82, 2.24) is 5.32 Å². The molecule has 0 amide bonds. The molecule has 0 bridgehead atoms. The van der Waals surface area contributed by atoms with Crippen LogP contribution in [0.2, 0.25) is 10.0 Å². The molecule has 3 N–H and O–H groups in total. The summed E-state index contributed by atoms with van der Waals surface area (Å²) >= 11 is 12.1. The molecule has 0 aromatic heterocycles. The van der Waals surface area contributed by atoms with Gasteiger partial charge in [-0.25, -0.2) is 0 Å². The number of piperidine rings is 1. The first-order valence-corrected chi connectivity index (χ1v) is 6.80. The third-order valence-corrected chi connectivity index (χ3v) is 4.37. The van der Waals surface area contributed by atoms with Crippen LogP contribution in [0.4, 0.5) is 0 Å². The highest BCUT2D eigenvalue weighted by atomic mass is 35.5. The van der Waals surface area contributed by atoms with Gasteiger partial charge in [0.2, 0.25) is 0 Å². The van der Waals surface area contributed by atoms with Crippen LogP contribution in [0, 0.1) is 0 Å². The van der Waals surface area contributed by atoms with E-state index in [2.05, 4.69) is 11.4 Å². The summed E-state index contributed by atoms with van der Waals surface area (Å²) in [6.45, 7) is 2.76. The lowest BCUT2D eigenvalue weighted by Crippen LogP contribution is -2.44. The van der Waals surface area contributed by atoms with Gasteiger partial charge in [-0.05, 0) is 50.0 Å². The molecule has 110 valence electrons. The summed E-state index contributed by atoms with van der Waals surface area (Å²) in [5, 5.41) is 4.71. The Labute approximate surface area is 137 Å². The van der Waals surface area contributed by atoms with Gasteiger partial charge in [0.25, 0.3) is 0 Å². The van der Waals surface area contributed by atoms with E-state index in [1.54, 1.807) is 0 Å². The molecule has 0 aliphatic carbocycles. The number of hydrogen-bond donors (Lipinski definition) is 2. The first-order valence-electron chi connectivity index (χ1n) is 6.04. The van der Waals surface area contributed by atoms with Gasteiger partial charge in [-0.1, -0.05) is 29.3 Å². The third kappa shape index (κ3) is 4.38. The van der Waals surface area contributed by atoms with Gasteiger partial charge in [0.15, 0.2) is 0 Å². The lowest BCUT2D eigenvalue weighted by Gasteiger charge is -2.38. The van der Waals surface area contributed by atoms with Crippen molar-refractivity contribution in [3.8, 4) is 0 Å². The summed E-state index contributed by atoms with van der Waals surface area (Å²) in [5.41, 5.74) is 7.14. The molecule has 1 atom stereocenters. The van der Waals surface area contributed by atoms with Crippen molar-refractivity contribution in [2.45, 2.75) is 24.7 Å². The number of benzene rings is 1. The van der Waals surface area contributed by atoms with E-state index in [1.165, 1.54) is 12.0 Å².